The summed E-state index contributed by atoms with van der Waals surface area (Å²) in [7, 11) is 0. The van der Waals surface area contributed by atoms with Gasteiger partial charge in [0.1, 0.15) is 0 Å². The molecule has 1 saturated heterocycles. The van der Waals surface area contributed by atoms with Gasteiger partial charge in [-0.2, -0.15) is 0 Å². The summed E-state index contributed by atoms with van der Waals surface area (Å²) in [4.78, 5) is 12.6. The third-order valence-electron chi connectivity index (χ3n) is 4.72. The van der Waals surface area contributed by atoms with Gasteiger partial charge in [-0.15, -0.1) is 12.4 Å². The summed E-state index contributed by atoms with van der Waals surface area (Å²) >= 11 is 0. The normalized spacial score (nSPS) is 17.9. The van der Waals surface area contributed by atoms with Crippen LogP contribution < -0.4 is 11.1 Å². The maximum Gasteiger partial charge on any atom is 0.227 e. The van der Waals surface area contributed by atoms with Crippen LogP contribution in [0.25, 0.3) is 0 Å². The van der Waals surface area contributed by atoms with E-state index < -0.39 is 5.41 Å². The maximum absolute atomic E-state index is 12.6. The summed E-state index contributed by atoms with van der Waals surface area (Å²) in [6, 6.07) is 6.56. The lowest BCUT2D eigenvalue weighted by molar-refractivity contribution is -0.136. The van der Waals surface area contributed by atoms with Gasteiger partial charge in [-0.1, -0.05) is 23.8 Å². The second-order valence-corrected chi connectivity index (χ2v) is 6.61. The van der Waals surface area contributed by atoms with Crippen LogP contribution in [0.15, 0.2) is 18.2 Å². The molecule has 0 radical (unpaired) electrons. The average Bonchev–Trinajstić information content (AvgIpc) is 2.50. The van der Waals surface area contributed by atoms with Crippen LogP contribution in [0.5, 0.6) is 0 Å². The molecular weight excluding hydrogens is 312 g/mol. The monoisotopic (exact) mass is 340 g/mol. The lowest BCUT2D eigenvalue weighted by atomic mass is 9.79. The van der Waals surface area contributed by atoms with Crippen molar-refractivity contribution in [3.8, 4) is 0 Å². The largest absolute Gasteiger partial charge is 0.381 e. The molecule has 1 aliphatic heterocycles. The third kappa shape index (κ3) is 4.93. The van der Waals surface area contributed by atoms with Crippen molar-refractivity contribution >= 4 is 18.3 Å². The van der Waals surface area contributed by atoms with Gasteiger partial charge in [-0.25, -0.2) is 0 Å². The second-order valence-electron chi connectivity index (χ2n) is 6.61. The van der Waals surface area contributed by atoms with E-state index >= 15 is 0 Å². The molecule has 23 heavy (non-hydrogen) atoms. The fourth-order valence-corrected chi connectivity index (χ4v) is 3.12. The zero-order valence-corrected chi connectivity index (χ0v) is 15.2. The smallest absolute Gasteiger partial charge is 0.227 e. The Balaban J connectivity index is 0.00000264. The Morgan fingerprint density at radius 2 is 2.00 bits per heavy atom. The van der Waals surface area contributed by atoms with Crippen molar-refractivity contribution in [1.29, 1.82) is 0 Å². The van der Waals surface area contributed by atoms with Crippen molar-refractivity contribution in [2.75, 3.05) is 19.8 Å². The first-order valence-electron chi connectivity index (χ1n) is 8.12. The minimum atomic E-state index is -0.450. The number of amides is 1. The highest BCUT2D eigenvalue weighted by Crippen LogP contribution is 2.29. The molecule has 3 N–H and O–H groups in total. The van der Waals surface area contributed by atoms with E-state index in [2.05, 4.69) is 44.3 Å². The van der Waals surface area contributed by atoms with Crippen LogP contribution in [-0.4, -0.2) is 31.7 Å². The molecule has 2 rings (SSSR count). The molecule has 5 heteroatoms. The first kappa shape index (κ1) is 19.9. The van der Waals surface area contributed by atoms with Crippen LogP contribution >= 0.6 is 12.4 Å². The van der Waals surface area contributed by atoms with E-state index in [-0.39, 0.29) is 24.4 Å². The highest BCUT2D eigenvalue weighted by molar-refractivity contribution is 5.85. The average molecular weight is 341 g/mol. The van der Waals surface area contributed by atoms with Crippen LogP contribution in [0, 0.1) is 19.3 Å². The highest BCUT2D eigenvalue weighted by Gasteiger charge is 2.39. The van der Waals surface area contributed by atoms with Gasteiger partial charge in [-0.3, -0.25) is 4.79 Å². The first-order chi connectivity index (χ1) is 10.5. The van der Waals surface area contributed by atoms with Gasteiger partial charge in [0.25, 0.3) is 0 Å². The summed E-state index contributed by atoms with van der Waals surface area (Å²) in [6.45, 7) is 7.90. The molecule has 0 bridgehead atoms. The fraction of sp³-hybridized carbons (Fsp3) is 0.611. The molecule has 0 spiro atoms. The highest BCUT2D eigenvalue weighted by atomic mass is 35.5. The zero-order chi connectivity index (χ0) is 16.2. The van der Waals surface area contributed by atoms with Gasteiger partial charge < -0.3 is 15.8 Å². The molecule has 1 aromatic rings. The number of nitrogens with one attached hydrogen (secondary N) is 1. The summed E-state index contributed by atoms with van der Waals surface area (Å²) < 4.78 is 5.37. The number of carbonyl (C=O) groups excluding carboxylic acids is 1. The number of halogens is 1. The number of ether oxygens (including phenoxy) is 1. The number of carbonyl (C=O) groups is 1. The SMILES string of the molecule is Cc1ccc(CC(C)NC(=O)C2(CN)CCOCC2)c(C)c1.Cl. The van der Waals surface area contributed by atoms with Gasteiger partial charge >= 0.3 is 0 Å². The van der Waals surface area contributed by atoms with Crippen LogP contribution in [0.3, 0.4) is 0 Å². The zero-order valence-electron chi connectivity index (χ0n) is 14.4. The molecule has 1 heterocycles. The lowest BCUT2D eigenvalue weighted by Crippen LogP contribution is -2.51. The van der Waals surface area contributed by atoms with E-state index in [4.69, 9.17) is 10.5 Å². The van der Waals surface area contributed by atoms with Crippen molar-refractivity contribution in [2.45, 2.75) is 46.1 Å². The van der Waals surface area contributed by atoms with E-state index in [9.17, 15) is 4.79 Å². The number of hydrogen-bond acceptors (Lipinski definition) is 3. The predicted molar refractivity (Wildman–Crippen MR) is 96.0 cm³/mol. The standard InChI is InChI=1S/C18H28N2O2.ClH/c1-13-4-5-16(14(2)10-13)11-15(3)20-17(21)18(12-19)6-8-22-9-7-18;/h4-5,10,15H,6-9,11-12,19H2,1-3H3,(H,20,21);1H. The van der Waals surface area contributed by atoms with Crippen LogP contribution in [0.1, 0.15) is 36.5 Å². The lowest BCUT2D eigenvalue weighted by Gasteiger charge is -2.35. The van der Waals surface area contributed by atoms with E-state index in [1.165, 1.54) is 16.7 Å². The molecule has 1 fully saturated rings. The van der Waals surface area contributed by atoms with Crippen molar-refractivity contribution in [3.63, 3.8) is 0 Å². The van der Waals surface area contributed by atoms with Gasteiger partial charge in [0.15, 0.2) is 0 Å². The minimum Gasteiger partial charge on any atom is -0.381 e. The number of benzene rings is 1. The van der Waals surface area contributed by atoms with Crippen molar-refractivity contribution in [3.05, 3.63) is 34.9 Å². The summed E-state index contributed by atoms with van der Waals surface area (Å²) in [5.74, 6) is 0.0792. The molecule has 0 aliphatic carbocycles. The van der Waals surface area contributed by atoms with E-state index in [0.717, 1.165) is 6.42 Å². The van der Waals surface area contributed by atoms with Crippen LogP contribution in [0.4, 0.5) is 0 Å². The molecule has 1 aliphatic rings. The Hall–Kier alpha value is -1.10. The molecule has 1 amide bonds. The Morgan fingerprint density at radius 3 is 2.57 bits per heavy atom. The third-order valence-corrected chi connectivity index (χ3v) is 4.72. The summed E-state index contributed by atoms with van der Waals surface area (Å²) in [5, 5.41) is 3.16. The second kappa shape index (κ2) is 8.67. The Bertz CT molecular complexity index is 528. The van der Waals surface area contributed by atoms with E-state index in [1.54, 1.807) is 0 Å². The summed E-state index contributed by atoms with van der Waals surface area (Å²) in [6.07, 6.45) is 2.27. The molecule has 4 nitrogen and oxygen atoms in total. The predicted octanol–water partition coefficient (Wildman–Crippen LogP) is 2.53. The Morgan fingerprint density at radius 1 is 1.35 bits per heavy atom. The van der Waals surface area contributed by atoms with Crippen molar-refractivity contribution in [2.24, 2.45) is 11.1 Å². The van der Waals surface area contributed by atoms with Gasteiger partial charge in [0.2, 0.25) is 5.91 Å². The quantitative estimate of drug-likeness (QED) is 0.865. The maximum atomic E-state index is 12.6. The molecule has 1 atom stereocenters. The van der Waals surface area contributed by atoms with Crippen LogP contribution in [0.2, 0.25) is 0 Å². The fourth-order valence-electron chi connectivity index (χ4n) is 3.12. The number of nitrogens with two attached hydrogens (primary N) is 1. The molecule has 130 valence electrons. The Kier molecular flexibility index (Phi) is 7.52. The number of rotatable bonds is 5. The van der Waals surface area contributed by atoms with E-state index in [1.807, 2.05) is 0 Å². The van der Waals surface area contributed by atoms with Gasteiger partial charge in [0, 0.05) is 25.8 Å². The molecule has 1 unspecified atom stereocenters. The number of hydrogen-bond donors (Lipinski definition) is 2. The van der Waals surface area contributed by atoms with Crippen LogP contribution in [-0.2, 0) is 16.0 Å². The molecule has 1 aromatic carbocycles. The summed E-state index contributed by atoms with van der Waals surface area (Å²) in [5.41, 5.74) is 9.27. The minimum absolute atomic E-state index is 0. The van der Waals surface area contributed by atoms with Gasteiger partial charge in [-0.05, 0) is 51.2 Å². The topological polar surface area (TPSA) is 64.4 Å². The van der Waals surface area contributed by atoms with Crippen molar-refractivity contribution < 1.29 is 9.53 Å². The van der Waals surface area contributed by atoms with Crippen molar-refractivity contribution in [1.82, 2.24) is 5.32 Å². The Labute approximate surface area is 145 Å². The number of aryl methyl sites for hydroxylation is 2. The first-order valence-corrected chi connectivity index (χ1v) is 8.12. The van der Waals surface area contributed by atoms with Gasteiger partial charge in [0.05, 0.1) is 5.41 Å². The molecule has 0 saturated carbocycles. The van der Waals surface area contributed by atoms with E-state index in [0.29, 0.717) is 32.6 Å². The molecule has 0 aromatic heterocycles. The molecular formula is C18H29ClN2O2.